The van der Waals surface area contributed by atoms with Gasteiger partial charge in [-0.3, -0.25) is 16.8 Å². The molecule has 1 aliphatic carbocycles. The summed E-state index contributed by atoms with van der Waals surface area (Å²) in [6.07, 6.45) is 4.75. The van der Waals surface area contributed by atoms with Crippen molar-refractivity contribution >= 4 is 14.0 Å². The molecule has 1 rings (SSSR count). The maximum absolute atomic E-state index is 11.4. The number of esters is 1. The summed E-state index contributed by atoms with van der Waals surface area (Å²) in [7, 11) is -1.29. The van der Waals surface area contributed by atoms with Gasteiger partial charge < -0.3 is 20.6 Å². The minimum atomic E-state index is -1.29. The van der Waals surface area contributed by atoms with Gasteiger partial charge in [-0.2, -0.15) is 5.92 Å². The molecule has 0 aromatic carbocycles. The van der Waals surface area contributed by atoms with Crippen molar-refractivity contribution in [2.75, 3.05) is 6.61 Å². The maximum Gasteiger partial charge on any atom is 2.00 e. The van der Waals surface area contributed by atoms with E-state index >= 15 is 0 Å². The Morgan fingerprint density at radius 3 is 2.04 bits per heavy atom. The van der Waals surface area contributed by atoms with E-state index in [0.29, 0.717) is 6.61 Å². The zero-order chi connectivity index (χ0) is 19.3. The summed E-state index contributed by atoms with van der Waals surface area (Å²) in [6.45, 7) is 16.0. The van der Waals surface area contributed by atoms with Crippen LogP contribution in [0, 0.1) is 18.0 Å². The molecule has 0 radical (unpaired) electrons. The number of carbonyl (C=O) groups excluding carboxylic acids is 1. The fraction of sp³-hybridized carbons (Fsp3) is 0.789. The molecule has 0 spiro atoms. The van der Waals surface area contributed by atoms with Gasteiger partial charge in [-0.05, 0) is 34.6 Å². The first-order chi connectivity index (χ1) is 10.9. The van der Waals surface area contributed by atoms with E-state index in [9.17, 15) is 4.79 Å². The van der Waals surface area contributed by atoms with Gasteiger partial charge in [-0.1, -0.05) is 38.9 Å². The van der Waals surface area contributed by atoms with Crippen molar-refractivity contribution in [3.05, 3.63) is 17.7 Å². The molecule has 0 saturated heterocycles. The fourth-order valence-electron chi connectivity index (χ4n) is 2.05. The van der Waals surface area contributed by atoms with Gasteiger partial charge in [0.1, 0.15) is 0 Å². The van der Waals surface area contributed by atoms with Crippen molar-refractivity contribution in [1.29, 1.82) is 0 Å². The third-order valence-electron chi connectivity index (χ3n) is 2.57. The van der Waals surface area contributed by atoms with Crippen molar-refractivity contribution in [3.63, 3.8) is 0 Å². The second kappa shape index (κ2) is 16.1. The Morgan fingerprint density at radius 1 is 1.24 bits per heavy atom. The molecule has 1 unspecified atom stereocenters. The molecule has 2 N–H and O–H groups in total. The first-order valence-corrected chi connectivity index (χ1v) is 12.4. The maximum atomic E-state index is 11.4. The molecule has 1 fully saturated rings. The summed E-state index contributed by atoms with van der Waals surface area (Å²) in [5.41, 5.74) is 4.97. The van der Waals surface area contributed by atoms with Gasteiger partial charge in [0.25, 0.3) is 0 Å². The molecule has 0 aliphatic heterocycles. The molecule has 146 valence electrons. The summed E-state index contributed by atoms with van der Waals surface area (Å²) in [4.78, 5) is 11.4. The zero-order valence-corrected chi connectivity index (χ0v) is 19.9. The van der Waals surface area contributed by atoms with Crippen LogP contribution in [0.1, 0.15) is 53.9 Å². The summed E-state index contributed by atoms with van der Waals surface area (Å²) in [6, 6.07) is 0. The van der Waals surface area contributed by atoms with Gasteiger partial charge >= 0.3 is 21.7 Å². The minimum Gasteiger partial charge on any atom is -0.500 e. The molecule has 0 bridgehead atoms. The zero-order valence-electron chi connectivity index (χ0n) is 17.3. The number of carbonyl (C=O) groups is 1. The fourth-order valence-corrected chi connectivity index (χ4v) is 3.32. The van der Waals surface area contributed by atoms with Gasteiger partial charge in [0.15, 0.2) is 5.97 Å². The number of ether oxygens (including phenoxy) is 1. The summed E-state index contributed by atoms with van der Waals surface area (Å²) < 4.78 is 4.96. The van der Waals surface area contributed by atoms with Crippen LogP contribution in [0.5, 0.6) is 0 Å². The number of allylic oxidation sites excluding steroid dienone is 1. The van der Waals surface area contributed by atoms with Crippen LogP contribution in [-0.2, 0) is 31.2 Å². The molecule has 1 aliphatic rings. The van der Waals surface area contributed by atoms with E-state index in [1.165, 1.54) is 12.0 Å². The van der Waals surface area contributed by atoms with Crippen LogP contribution in [0.2, 0.25) is 19.6 Å². The summed E-state index contributed by atoms with van der Waals surface area (Å²) >= 11 is 0. The third kappa shape index (κ3) is 23.9. The van der Waals surface area contributed by atoms with E-state index in [4.69, 9.17) is 14.9 Å². The van der Waals surface area contributed by atoms with Crippen molar-refractivity contribution in [1.82, 2.24) is 0 Å². The summed E-state index contributed by atoms with van der Waals surface area (Å²) in [5.74, 6) is 0.107. The SMILES string of the molecule is CC(C)O.CC(C)O.CCOC(=O)[CH-]C1CCCC1=[C-][Si](C)(C)C.[Ti+2]. The van der Waals surface area contributed by atoms with Crippen LogP contribution in [0.4, 0.5) is 0 Å². The number of aliphatic hydroxyl groups excluding tert-OH is 2. The molecule has 6 heteroatoms. The average molecular weight is 406 g/mol. The molecule has 0 heterocycles. The Bertz CT molecular complexity index is 351. The quantitative estimate of drug-likeness (QED) is 0.422. The molecule has 1 atom stereocenters. The average Bonchev–Trinajstić information content (AvgIpc) is 2.72. The van der Waals surface area contributed by atoms with E-state index in [1.54, 1.807) is 34.1 Å². The Kier molecular flexibility index (Phi) is 19.2. The van der Waals surface area contributed by atoms with Crippen molar-refractivity contribution in [2.45, 2.75) is 85.7 Å². The van der Waals surface area contributed by atoms with E-state index in [1.807, 2.05) is 6.92 Å². The molecule has 25 heavy (non-hydrogen) atoms. The van der Waals surface area contributed by atoms with Gasteiger partial charge in [0, 0.05) is 12.2 Å². The Labute approximate surface area is 171 Å². The number of aliphatic hydroxyl groups is 2. The number of hydrogen-bond donors (Lipinski definition) is 2. The van der Waals surface area contributed by atoms with E-state index in [-0.39, 0.29) is 45.8 Å². The topological polar surface area (TPSA) is 66.8 Å². The molecule has 4 nitrogen and oxygen atoms in total. The second-order valence-corrected chi connectivity index (χ2v) is 12.3. The first kappa shape index (κ1) is 29.7. The molecular weight excluding hydrogens is 368 g/mol. The normalized spacial score (nSPS) is 17.9. The standard InChI is InChI=1S/C13H22O2Si.2C3H8O.Ti/c1-5-15-13(14)9-11-7-6-8-12(11)10-16(2,3)4;2*1-3(2)4;/h9,11H,5-8H2,1-4H3;2*3-4H,1-2H3;/q-2;;;+2. The van der Waals surface area contributed by atoms with Gasteiger partial charge in [0.05, 0.1) is 6.61 Å². The van der Waals surface area contributed by atoms with E-state index in [2.05, 4.69) is 25.3 Å². The van der Waals surface area contributed by atoms with Crippen LogP contribution in [0.3, 0.4) is 0 Å². The first-order valence-electron chi connectivity index (χ1n) is 8.90. The Hall–Kier alpha value is -0.0688. The Balaban J connectivity index is -0.000000454. The predicted octanol–water partition coefficient (Wildman–Crippen LogP) is 3.93. The van der Waals surface area contributed by atoms with Crippen LogP contribution in [0.15, 0.2) is 5.57 Å². The van der Waals surface area contributed by atoms with Crippen molar-refractivity contribution in [2.24, 2.45) is 5.92 Å². The minimum absolute atomic E-state index is 0. The molecule has 0 amide bonds. The van der Waals surface area contributed by atoms with E-state index in [0.717, 1.165) is 12.8 Å². The Morgan fingerprint density at radius 2 is 1.68 bits per heavy atom. The van der Waals surface area contributed by atoms with Crippen LogP contribution in [0.25, 0.3) is 0 Å². The van der Waals surface area contributed by atoms with Crippen molar-refractivity contribution in [3.8, 4) is 0 Å². The third-order valence-corrected chi connectivity index (χ3v) is 3.64. The predicted molar refractivity (Wildman–Crippen MR) is 103 cm³/mol. The number of hydrogen-bond acceptors (Lipinski definition) is 4. The number of rotatable bonds is 4. The van der Waals surface area contributed by atoms with E-state index < -0.39 is 8.07 Å². The molecule has 1 saturated carbocycles. The van der Waals surface area contributed by atoms with Crippen LogP contribution >= 0.6 is 0 Å². The van der Waals surface area contributed by atoms with Crippen LogP contribution < -0.4 is 0 Å². The largest absolute Gasteiger partial charge is 2.00 e. The summed E-state index contributed by atoms with van der Waals surface area (Å²) in [5, 5.41) is 16.1. The molecule has 0 aromatic heterocycles. The van der Waals surface area contributed by atoms with Gasteiger partial charge in [0.2, 0.25) is 0 Å². The van der Waals surface area contributed by atoms with Crippen LogP contribution in [-0.4, -0.2) is 43.1 Å². The van der Waals surface area contributed by atoms with Gasteiger partial charge in [-0.25, -0.2) is 0 Å². The molecule has 0 aromatic rings. The van der Waals surface area contributed by atoms with Gasteiger partial charge in [-0.15, -0.1) is 8.07 Å². The smallest absolute Gasteiger partial charge is 0.500 e. The monoisotopic (exact) mass is 406 g/mol. The second-order valence-electron chi connectivity index (χ2n) is 7.51. The van der Waals surface area contributed by atoms with Crippen molar-refractivity contribution < 1.29 is 41.5 Å². The molecular formula is C19H38O4SiTi.